The van der Waals surface area contributed by atoms with Gasteiger partial charge in [0.05, 0.1) is 26.5 Å². The van der Waals surface area contributed by atoms with Gasteiger partial charge in [0.2, 0.25) is 27.7 Å². The van der Waals surface area contributed by atoms with Crippen molar-refractivity contribution in [3.05, 3.63) is 103 Å². The van der Waals surface area contributed by atoms with Gasteiger partial charge in [0.25, 0.3) is 5.69 Å². The number of anilines is 3. The number of nitro benzene ring substituents is 1. The molecule has 3 atom stereocenters. The largest absolute Gasteiger partial charge is 0.378 e. The number of hydrogen-bond acceptors (Lipinski definition) is 11. The number of non-ortho nitro benzene ring substituents is 1. The molecule has 3 N–H and O–H groups in total. The summed E-state index contributed by atoms with van der Waals surface area (Å²) in [5, 5.41) is 18.4. The lowest BCUT2D eigenvalue weighted by Crippen LogP contribution is -2.33. The molecule has 0 spiro atoms. The summed E-state index contributed by atoms with van der Waals surface area (Å²) in [4.78, 5) is 68.0. The summed E-state index contributed by atoms with van der Waals surface area (Å²) in [5.74, 6) is -3.20. The number of nitrogens with two attached hydrogens (primary N) is 1. The molecule has 47 heavy (non-hydrogen) atoms. The van der Waals surface area contributed by atoms with Crippen LogP contribution in [0.15, 0.2) is 87.5 Å². The maximum Gasteiger partial charge on any atom is 0.308 e. The van der Waals surface area contributed by atoms with Gasteiger partial charge < -0.3 is 10.2 Å². The SMILES string of the molecule is CN(C)c1ccc([C@@H]2c3sc(=O)n(CC(=O)Nc4ccc(S(N)(=O)=O)cc4)c3S[C@H]3C(=O)N(c4ccc([N+](=O)[O-])cc4)C(=O)[C@@H]23)cc1. The predicted octanol–water partition coefficient (Wildman–Crippen LogP) is 2.97. The Morgan fingerprint density at radius 3 is 2.19 bits per heavy atom. The van der Waals surface area contributed by atoms with Crippen LogP contribution < -0.4 is 25.1 Å². The molecule has 3 amide bonds. The molecule has 2 aliphatic rings. The van der Waals surface area contributed by atoms with Crippen LogP contribution in [0.1, 0.15) is 16.4 Å². The number of sulfonamides is 1. The Hall–Kier alpha value is -4.84. The van der Waals surface area contributed by atoms with Crippen LogP contribution in [0.5, 0.6) is 0 Å². The number of thioether (sulfide) groups is 1. The molecule has 6 rings (SSSR count). The fourth-order valence-corrected chi connectivity index (χ4v) is 8.93. The van der Waals surface area contributed by atoms with Gasteiger partial charge in [0, 0.05) is 48.4 Å². The van der Waals surface area contributed by atoms with Crippen molar-refractivity contribution >= 4 is 73.6 Å². The summed E-state index contributed by atoms with van der Waals surface area (Å²) >= 11 is 1.93. The predicted molar refractivity (Wildman–Crippen MR) is 176 cm³/mol. The van der Waals surface area contributed by atoms with Crippen LogP contribution in [-0.2, 0) is 31.0 Å². The highest BCUT2D eigenvalue weighted by atomic mass is 32.2. The number of nitrogens with one attached hydrogen (secondary N) is 1. The lowest BCUT2D eigenvalue weighted by atomic mass is 9.83. The average Bonchev–Trinajstić information content (AvgIpc) is 3.47. The third-order valence-electron chi connectivity index (χ3n) is 7.90. The monoisotopic (exact) mass is 694 g/mol. The molecular formula is C30H26N6O8S3. The molecule has 0 unspecified atom stereocenters. The van der Waals surface area contributed by atoms with E-state index in [1.165, 1.54) is 53.1 Å². The number of thiazole rings is 1. The Balaban J connectivity index is 1.37. The number of amides is 3. The van der Waals surface area contributed by atoms with E-state index in [0.29, 0.717) is 15.5 Å². The minimum absolute atomic E-state index is 0.132. The van der Waals surface area contributed by atoms with Crippen LogP contribution in [0.25, 0.3) is 0 Å². The number of imide groups is 1. The average molecular weight is 695 g/mol. The van der Waals surface area contributed by atoms with E-state index in [1.807, 2.05) is 43.3 Å². The summed E-state index contributed by atoms with van der Waals surface area (Å²) in [6.45, 7) is -0.410. The second-order valence-corrected chi connectivity index (χ2v) is 14.7. The molecule has 1 fully saturated rings. The molecule has 4 aromatic rings. The number of nitro groups is 1. The number of carbonyl (C=O) groups excluding carboxylic acids is 3. The topological polar surface area (TPSA) is 195 Å². The number of nitrogens with zero attached hydrogens (tertiary/aromatic N) is 4. The van der Waals surface area contributed by atoms with Crippen LogP contribution >= 0.6 is 23.1 Å². The highest BCUT2D eigenvalue weighted by Crippen LogP contribution is 2.54. The smallest absolute Gasteiger partial charge is 0.308 e. The zero-order chi connectivity index (χ0) is 33.8. The Bertz CT molecular complexity index is 2090. The highest BCUT2D eigenvalue weighted by molar-refractivity contribution is 8.00. The molecule has 1 saturated heterocycles. The van der Waals surface area contributed by atoms with Gasteiger partial charge in [-0.15, -0.1) is 0 Å². The molecule has 0 bridgehead atoms. The van der Waals surface area contributed by atoms with Gasteiger partial charge in [-0.25, -0.2) is 18.5 Å². The number of primary sulfonamides is 1. The Labute approximate surface area is 276 Å². The molecule has 0 radical (unpaired) electrons. The van der Waals surface area contributed by atoms with Crippen LogP contribution in [0, 0.1) is 16.0 Å². The van der Waals surface area contributed by atoms with Crippen molar-refractivity contribution in [3.8, 4) is 0 Å². The standard InChI is InChI=1S/C30H26N6O8S3/c1-33(2)18-7-3-16(4-8-18)23-24-25(28(39)35(27(24)38)19-9-11-20(12-10-19)36(41)42)45-29-26(23)46-30(40)34(29)15-22(37)32-17-5-13-21(14-6-17)47(31,43)44/h3-14,23-25H,15H2,1-2H3,(H,32,37)(H2,31,43,44)/t23-,24-,25+/m0/s1. The summed E-state index contributed by atoms with van der Waals surface area (Å²) in [5.41, 5.74) is 1.88. The Morgan fingerprint density at radius 2 is 1.62 bits per heavy atom. The number of rotatable bonds is 8. The summed E-state index contributed by atoms with van der Waals surface area (Å²) in [6, 6.07) is 17.8. The van der Waals surface area contributed by atoms with Crippen molar-refractivity contribution in [1.82, 2.24) is 4.57 Å². The Morgan fingerprint density at radius 1 is 0.979 bits per heavy atom. The van der Waals surface area contributed by atoms with Gasteiger partial charge >= 0.3 is 4.87 Å². The zero-order valence-electron chi connectivity index (χ0n) is 24.7. The van der Waals surface area contributed by atoms with Crippen LogP contribution in [0.4, 0.5) is 22.7 Å². The van der Waals surface area contributed by atoms with E-state index >= 15 is 0 Å². The van der Waals surface area contributed by atoms with Crippen LogP contribution in [0.3, 0.4) is 0 Å². The van der Waals surface area contributed by atoms with E-state index < -0.39 is 61.2 Å². The van der Waals surface area contributed by atoms with E-state index in [0.717, 1.165) is 33.7 Å². The van der Waals surface area contributed by atoms with E-state index in [2.05, 4.69) is 5.32 Å². The highest BCUT2D eigenvalue weighted by Gasteiger charge is 2.56. The third-order valence-corrected chi connectivity index (χ3v) is 11.4. The molecule has 14 nitrogen and oxygen atoms in total. The van der Waals surface area contributed by atoms with E-state index in [1.54, 1.807) is 0 Å². The van der Waals surface area contributed by atoms with E-state index in [9.17, 15) is 37.7 Å². The van der Waals surface area contributed by atoms with Gasteiger partial charge in [-0.1, -0.05) is 35.2 Å². The summed E-state index contributed by atoms with van der Waals surface area (Å²) in [7, 11) is -0.163. The molecule has 3 aromatic carbocycles. The quantitative estimate of drug-likeness (QED) is 0.157. The lowest BCUT2D eigenvalue weighted by molar-refractivity contribution is -0.384. The normalized spacial score (nSPS) is 18.9. The van der Waals surface area contributed by atoms with Crippen molar-refractivity contribution in [1.29, 1.82) is 0 Å². The molecule has 0 aliphatic carbocycles. The van der Waals surface area contributed by atoms with Gasteiger partial charge in [0.1, 0.15) is 11.8 Å². The Kier molecular flexibility index (Phi) is 8.25. The first-order chi connectivity index (χ1) is 22.2. The number of benzene rings is 3. The second-order valence-electron chi connectivity index (χ2n) is 11.1. The maximum atomic E-state index is 14.1. The zero-order valence-corrected chi connectivity index (χ0v) is 27.2. The molecule has 242 valence electrons. The van der Waals surface area contributed by atoms with Gasteiger partial charge in [-0.3, -0.25) is 33.9 Å². The molecule has 2 aliphatic heterocycles. The van der Waals surface area contributed by atoms with Gasteiger partial charge in [-0.2, -0.15) is 0 Å². The molecule has 3 heterocycles. The van der Waals surface area contributed by atoms with Crippen molar-refractivity contribution in [2.75, 3.05) is 29.2 Å². The molecular weight excluding hydrogens is 669 g/mol. The van der Waals surface area contributed by atoms with Crippen molar-refractivity contribution in [2.45, 2.75) is 27.6 Å². The maximum absolute atomic E-state index is 14.1. The lowest BCUT2D eigenvalue weighted by Gasteiger charge is -2.31. The van der Waals surface area contributed by atoms with E-state index in [-0.39, 0.29) is 22.0 Å². The first kappa shape index (κ1) is 32.1. The number of carbonyl (C=O) groups is 3. The first-order valence-electron chi connectivity index (χ1n) is 14.0. The summed E-state index contributed by atoms with van der Waals surface area (Å²) in [6.07, 6.45) is 0. The minimum atomic E-state index is -3.93. The molecule has 1 aromatic heterocycles. The van der Waals surface area contributed by atoms with Gasteiger partial charge in [-0.05, 0) is 54.1 Å². The van der Waals surface area contributed by atoms with Crippen molar-refractivity contribution < 1.29 is 27.7 Å². The number of hydrogen-bond donors (Lipinski definition) is 2. The number of fused-ring (bicyclic) bond motifs is 2. The van der Waals surface area contributed by atoms with Gasteiger partial charge in [0.15, 0.2) is 0 Å². The number of aromatic nitrogens is 1. The van der Waals surface area contributed by atoms with Crippen molar-refractivity contribution in [2.24, 2.45) is 11.1 Å². The third kappa shape index (κ3) is 5.93. The molecule has 0 saturated carbocycles. The fraction of sp³-hybridized carbons (Fsp3) is 0.200. The second kappa shape index (κ2) is 12.1. The minimum Gasteiger partial charge on any atom is -0.378 e. The fourth-order valence-electron chi connectivity index (χ4n) is 5.64. The molecule has 17 heteroatoms. The van der Waals surface area contributed by atoms with E-state index in [4.69, 9.17) is 5.14 Å². The first-order valence-corrected chi connectivity index (χ1v) is 17.2. The van der Waals surface area contributed by atoms with Crippen LogP contribution in [0.2, 0.25) is 0 Å². The summed E-state index contributed by atoms with van der Waals surface area (Å²) < 4.78 is 24.4. The van der Waals surface area contributed by atoms with Crippen LogP contribution in [-0.4, -0.2) is 55.0 Å². The van der Waals surface area contributed by atoms with Crippen molar-refractivity contribution in [3.63, 3.8) is 0 Å².